The molecule has 0 bridgehead atoms. The molecule has 0 aromatic heterocycles. The van der Waals surface area contributed by atoms with Crippen molar-refractivity contribution in [3.8, 4) is 22.6 Å². The van der Waals surface area contributed by atoms with E-state index < -0.39 is 29.3 Å². The Balaban J connectivity index is 1.27. The molecule has 0 atom stereocenters. The van der Waals surface area contributed by atoms with Crippen molar-refractivity contribution in [2.45, 2.75) is 84.0 Å². The van der Waals surface area contributed by atoms with E-state index in [-0.39, 0.29) is 23.0 Å². The number of carbonyl (C=O) groups is 1. The summed E-state index contributed by atoms with van der Waals surface area (Å²) in [5.41, 5.74) is 2.56. The van der Waals surface area contributed by atoms with E-state index in [1.54, 1.807) is 18.2 Å². The lowest BCUT2D eigenvalue weighted by Crippen LogP contribution is -2.25. The monoisotopic (exact) mass is 552 g/mol. The first kappa shape index (κ1) is 29.7. The van der Waals surface area contributed by atoms with E-state index in [2.05, 4.69) is 6.92 Å². The van der Waals surface area contributed by atoms with Crippen molar-refractivity contribution in [3.05, 3.63) is 83.2 Å². The van der Waals surface area contributed by atoms with Gasteiger partial charge < -0.3 is 9.47 Å². The van der Waals surface area contributed by atoms with Gasteiger partial charge >= 0.3 is 5.97 Å². The lowest BCUT2D eigenvalue weighted by Gasteiger charge is -2.27. The molecular formula is C34H39F3O3. The number of carbonyl (C=O) groups excluding carboxylic acids is 1. The molecule has 0 heterocycles. The van der Waals surface area contributed by atoms with Gasteiger partial charge in [-0.2, -0.15) is 4.39 Å². The summed E-state index contributed by atoms with van der Waals surface area (Å²) >= 11 is 0. The number of esters is 1. The van der Waals surface area contributed by atoms with Crippen molar-refractivity contribution in [2.75, 3.05) is 6.61 Å². The third-order valence-corrected chi connectivity index (χ3v) is 7.86. The van der Waals surface area contributed by atoms with Gasteiger partial charge in [0.25, 0.3) is 0 Å². The second-order valence-corrected chi connectivity index (χ2v) is 10.9. The van der Waals surface area contributed by atoms with E-state index in [9.17, 15) is 18.0 Å². The summed E-state index contributed by atoms with van der Waals surface area (Å²) in [7, 11) is 0. The van der Waals surface area contributed by atoms with Gasteiger partial charge in [0, 0.05) is 5.56 Å². The highest BCUT2D eigenvalue weighted by molar-refractivity contribution is 5.76. The van der Waals surface area contributed by atoms with Crippen LogP contribution in [0, 0.1) is 30.3 Å². The molecule has 40 heavy (non-hydrogen) atoms. The van der Waals surface area contributed by atoms with E-state index >= 15 is 0 Å². The molecule has 0 unspecified atom stereocenters. The van der Waals surface area contributed by atoms with Crippen molar-refractivity contribution in [1.29, 1.82) is 0 Å². The van der Waals surface area contributed by atoms with E-state index in [0.29, 0.717) is 37.9 Å². The Morgan fingerprint density at radius 2 is 1.48 bits per heavy atom. The van der Waals surface area contributed by atoms with E-state index in [4.69, 9.17) is 9.47 Å². The van der Waals surface area contributed by atoms with Gasteiger partial charge in [0.05, 0.1) is 12.5 Å². The molecule has 0 spiro atoms. The number of aryl methyl sites for hydroxylation is 1. The molecule has 1 aliphatic carbocycles. The maximum absolute atomic E-state index is 14.8. The number of benzene rings is 3. The largest absolute Gasteiger partial charge is 0.491 e. The quantitative estimate of drug-likeness (QED) is 0.127. The Kier molecular flexibility index (Phi) is 10.7. The van der Waals surface area contributed by atoms with Gasteiger partial charge in [-0.05, 0) is 80.3 Å². The predicted molar refractivity (Wildman–Crippen MR) is 152 cm³/mol. The van der Waals surface area contributed by atoms with Crippen LogP contribution >= 0.6 is 0 Å². The van der Waals surface area contributed by atoms with Gasteiger partial charge in [-0.15, -0.1) is 0 Å². The molecule has 1 saturated carbocycles. The molecular weight excluding hydrogens is 513 g/mol. The maximum Gasteiger partial charge on any atom is 0.314 e. The fourth-order valence-corrected chi connectivity index (χ4v) is 5.37. The van der Waals surface area contributed by atoms with Crippen molar-refractivity contribution in [2.24, 2.45) is 5.92 Å². The Morgan fingerprint density at radius 1 is 0.800 bits per heavy atom. The van der Waals surface area contributed by atoms with Crippen LogP contribution in [0.5, 0.6) is 11.5 Å². The third kappa shape index (κ3) is 7.67. The summed E-state index contributed by atoms with van der Waals surface area (Å²) in [5.74, 6) is -3.57. The first-order chi connectivity index (χ1) is 19.4. The Labute approximate surface area is 235 Å². The SMILES string of the molecule is CCCCCCCCOc1ccc(C2CCC(C(=O)Oc3ccc(-c4ccc(C)cc4)c(F)c3F)CC2)cc1F. The highest BCUT2D eigenvalue weighted by Crippen LogP contribution is 2.38. The number of halogens is 3. The smallest absolute Gasteiger partial charge is 0.314 e. The molecule has 0 N–H and O–H groups in total. The minimum atomic E-state index is -1.17. The summed E-state index contributed by atoms with van der Waals surface area (Å²) in [5, 5.41) is 0. The molecule has 0 aliphatic heterocycles. The average Bonchev–Trinajstić information content (AvgIpc) is 2.96. The molecule has 3 nitrogen and oxygen atoms in total. The fraction of sp³-hybridized carbons (Fsp3) is 0.441. The summed E-state index contributed by atoms with van der Waals surface area (Å²) in [6, 6.07) is 15.0. The van der Waals surface area contributed by atoms with Crippen LogP contribution in [-0.4, -0.2) is 12.6 Å². The first-order valence-corrected chi connectivity index (χ1v) is 14.6. The Bertz CT molecular complexity index is 1260. The van der Waals surface area contributed by atoms with Gasteiger partial charge in [-0.1, -0.05) is 74.9 Å². The highest BCUT2D eigenvalue weighted by atomic mass is 19.2. The van der Waals surface area contributed by atoms with Crippen LogP contribution in [-0.2, 0) is 4.79 Å². The molecule has 4 rings (SSSR count). The second-order valence-electron chi connectivity index (χ2n) is 10.9. The zero-order valence-corrected chi connectivity index (χ0v) is 23.5. The van der Waals surface area contributed by atoms with Crippen LogP contribution < -0.4 is 9.47 Å². The zero-order valence-electron chi connectivity index (χ0n) is 23.5. The van der Waals surface area contributed by atoms with Gasteiger partial charge in [0.2, 0.25) is 5.82 Å². The summed E-state index contributed by atoms with van der Waals surface area (Å²) in [4.78, 5) is 12.8. The molecule has 0 saturated heterocycles. The molecule has 3 aromatic rings. The van der Waals surface area contributed by atoms with Crippen LogP contribution in [0.3, 0.4) is 0 Å². The van der Waals surface area contributed by atoms with Crippen molar-refractivity contribution < 1.29 is 27.4 Å². The van der Waals surface area contributed by atoms with Crippen LogP contribution in [0.15, 0.2) is 54.6 Å². The Morgan fingerprint density at radius 3 is 2.17 bits per heavy atom. The molecule has 0 amide bonds. The maximum atomic E-state index is 14.8. The minimum Gasteiger partial charge on any atom is -0.491 e. The Hall–Kier alpha value is -3.28. The minimum absolute atomic E-state index is 0.115. The molecule has 1 fully saturated rings. The number of rotatable bonds is 12. The fourth-order valence-electron chi connectivity index (χ4n) is 5.37. The second kappa shape index (κ2) is 14.4. The van der Waals surface area contributed by atoms with E-state index in [1.165, 1.54) is 43.9 Å². The van der Waals surface area contributed by atoms with Crippen molar-refractivity contribution in [1.82, 2.24) is 0 Å². The lowest BCUT2D eigenvalue weighted by atomic mass is 9.78. The van der Waals surface area contributed by atoms with Crippen molar-refractivity contribution in [3.63, 3.8) is 0 Å². The lowest BCUT2D eigenvalue weighted by molar-refractivity contribution is -0.140. The topological polar surface area (TPSA) is 35.5 Å². The normalized spacial score (nSPS) is 17.0. The summed E-state index contributed by atoms with van der Waals surface area (Å²) < 4.78 is 55.2. The highest BCUT2D eigenvalue weighted by Gasteiger charge is 2.30. The van der Waals surface area contributed by atoms with Crippen molar-refractivity contribution >= 4 is 5.97 Å². The van der Waals surface area contributed by atoms with Crippen LogP contribution in [0.4, 0.5) is 13.2 Å². The first-order valence-electron chi connectivity index (χ1n) is 14.6. The van der Waals surface area contributed by atoms with E-state index in [1.807, 2.05) is 25.1 Å². The zero-order chi connectivity index (χ0) is 28.5. The molecule has 214 valence electrons. The number of unbranched alkanes of at least 4 members (excludes halogenated alkanes) is 5. The number of ether oxygens (including phenoxy) is 2. The van der Waals surface area contributed by atoms with Crippen LogP contribution in [0.1, 0.15) is 88.2 Å². The number of hydrogen-bond acceptors (Lipinski definition) is 3. The number of hydrogen-bond donors (Lipinski definition) is 0. The molecule has 0 radical (unpaired) electrons. The van der Waals surface area contributed by atoms with Gasteiger partial charge in [0.15, 0.2) is 23.1 Å². The van der Waals surface area contributed by atoms with Gasteiger partial charge in [0.1, 0.15) is 0 Å². The van der Waals surface area contributed by atoms with Crippen LogP contribution in [0.2, 0.25) is 0 Å². The molecule has 6 heteroatoms. The molecule has 1 aliphatic rings. The summed E-state index contributed by atoms with van der Waals surface area (Å²) in [6.07, 6.45) is 9.31. The van der Waals surface area contributed by atoms with E-state index in [0.717, 1.165) is 24.0 Å². The van der Waals surface area contributed by atoms with Gasteiger partial charge in [-0.25, -0.2) is 8.78 Å². The molecule has 3 aromatic carbocycles. The predicted octanol–water partition coefficient (Wildman–Crippen LogP) is 9.70. The van der Waals surface area contributed by atoms with Gasteiger partial charge in [-0.3, -0.25) is 4.79 Å². The summed E-state index contributed by atoms with van der Waals surface area (Å²) in [6.45, 7) is 4.61. The van der Waals surface area contributed by atoms with Crippen LogP contribution in [0.25, 0.3) is 11.1 Å². The third-order valence-electron chi connectivity index (χ3n) is 7.86. The standard InChI is InChI=1S/C34H39F3O3/c1-3-4-5-6-7-8-21-39-30-19-17-27(22-29(30)35)24-13-15-26(16-14-24)34(38)40-31-20-18-28(32(36)33(31)37)25-11-9-23(2)10-12-25/h9-12,17-20,22,24,26H,3-8,13-16,21H2,1-2H3. The average molecular weight is 553 g/mol.